The van der Waals surface area contributed by atoms with Crippen LogP contribution in [-0.4, -0.2) is 16.7 Å². The summed E-state index contributed by atoms with van der Waals surface area (Å²) in [5.41, 5.74) is 0.809. The number of carbonyl (C=O) groups excluding carboxylic acids is 1. The lowest BCUT2D eigenvalue weighted by molar-refractivity contribution is 0.00669. The van der Waals surface area contributed by atoms with Crippen LogP contribution in [0, 0.1) is 0 Å². The third-order valence-electron chi connectivity index (χ3n) is 2.79. The highest BCUT2D eigenvalue weighted by atomic mass is 35.5. The lowest BCUT2D eigenvalue weighted by Crippen LogP contribution is -2.23. The first-order valence-corrected chi connectivity index (χ1v) is 6.97. The fraction of sp³-hybridized carbons (Fsp3) is 0.235. The second-order valence-electron chi connectivity index (χ2n) is 5.71. The minimum atomic E-state index is -0.615. The summed E-state index contributed by atoms with van der Waals surface area (Å²) in [5.74, 6) is -0.655. The van der Waals surface area contributed by atoms with E-state index >= 15 is 0 Å². The molecule has 0 radical (unpaired) electrons. The van der Waals surface area contributed by atoms with Crippen LogP contribution in [0.25, 0.3) is 11.1 Å². The van der Waals surface area contributed by atoms with Crippen molar-refractivity contribution < 1.29 is 14.6 Å². The van der Waals surface area contributed by atoms with E-state index in [0.717, 1.165) is 5.56 Å². The molecule has 0 amide bonds. The molecule has 0 fully saturated rings. The zero-order valence-corrected chi connectivity index (χ0v) is 12.9. The van der Waals surface area contributed by atoms with Crippen LogP contribution >= 0.6 is 11.6 Å². The lowest BCUT2D eigenvalue weighted by Gasteiger charge is -2.20. The van der Waals surface area contributed by atoms with Gasteiger partial charge in [0.15, 0.2) is 0 Å². The normalized spacial score (nSPS) is 11.2. The van der Waals surface area contributed by atoms with E-state index in [1.165, 1.54) is 6.07 Å². The molecule has 0 saturated heterocycles. The maximum atomic E-state index is 12.1. The summed E-state index contributed by atoms with van der Waals surface area (Å²) in [5, 5.41) is 10.9. The number of para-hydroxylation sites is 1. The second kappa shape index (κ2) is 5.78. The molecule has 0 atom stereocenters. The van der Waals surface area contributed by atoms with Gasteiger partial charge in [-0.25, -0.2) is 4.79 Å². The molecule has 0 aliphatic carbocycles. The number of esters is 1. The Morgan fingerprint density at radius 1 is 1.14 bits per heavy atom. The van der Waals surface area contributed by atoms with Gasteiger partial charge in [-0.1, -0.05) is 35.9 Å². The van der Waals surface area contributed by atoms with Crippen LogP contribution in [0.2, 0.25) is 5.02 Å². The number of hydrogen-bond acceptors (Lipinski definition) is 3. The molecule has 0 spiro atoms. The molecule has 0 aliphatic heterocycles. The summed E-state index contributed by atoms with van der Waals surface area (Å²) in [4.78, 5) is 12.1. The summed E-state index contributed by atoms with van der Waals surface area (Å²) in [7, 11) is 0. The molecule has 1 N–H and O–H groups in total. The average molecular weight is 305 g/mol. The maximum absolute atomic E-state index is 12.1. The van der Waals surface area contributed by atoms with Crippen molar-refractivity contribution in [2.45, 2.75) is 26.4 Å². The Hall–Kier alpha value is -2.00. The number of benzene rings is 2. The quantitative estimate of drug-likeness (QED) is 0.820. The van der Waals surface area contributed by atoms with Crippen molar-refractivity contribution in [2.24, 2.45) is 0 Å². The number of hydrogen-bond donors (Lipinski definition) is 1. The van der Waals surface area contributed by atoms with Crippen LogP contribution in [-0.2, 0) is 4.74 Å². The Bertz CT molecular complexity index is 672. The fourth-order valence-electron chi connectivity index (χ4n) is 1.93. The summed E-state index contributed by atoms with van der Waals surface area (Å²) in [6.45, 7) is 5.34. The summed E-state index contributed by atoms with van der Waals surface area (Å²) < 4.78 is 5.29. The predicted molar refractivity (Wildman–Crippen MR) is 83.7 cm³/mol. The van der Waals surface area contributed by atoms with Gasteiger partial charge in [-0.2, -0.15) is 0 Å². The molecule has 2 aromatic carbocycles. The predicted octanol–water partition coefficient (Wildman–Crippen LogP) is 4.67. The largest absolute Gasteiger partial charge is 0.506 e. The Morgan fingerprint density at radius 2 is 1.81 bits per heavy atom. The SMILES string of the molecule is CC(C)(C)OC(=O)c1cccc(-c2cccc(Cl)c2)c1O. The number of rotatable bonds is 2. The Morgan fingerprint density at radius 3 is 2.43 bits per heavy atom. The topological polar surface area (TPSA) is 46.5 Å². The van der Waals surface area contributed by atoms with E-state index in [1.807, 2.05) is 6.07 Å². The van der Waals surface area contributed by atoms with Crippen molar-refractivity contribution in [3.8, 4) is 16.9 Å². The van der Waals surface area contributed by atoms with Gasteiger partial charge in [-0.15, -0.1) is 0 Å². The zero-order valence-electron chi connectivity index (χ0n) is 12.2. The van der Waals surface area contributed by atoms with Crippen molar-refractivity contribution in [1.82, 2.24) is 0 Å². The lowest BCUT2D eigenvalue weighted by atomic mass is 10.0. The van der Waals surface area contributed by atoms with Gasteiger partial charge in [0.1, 0.15) is 16.9 Å². The molecule has 0 aliphatic rings. The van der Waals surface area contributed by atoms with E-state index in [9.17, 15) is 9.90 Å². The summed E-state index contributed by atoms with van der Waals surface area (Å²) in [6, 6.07) is 12.1. The van der Waals surface area contributed by atoms with E-state index in [4.69, 9.17) is 16.3 Å². The van der Waals surface area contributed by atoms with Gasteiger partial charge in [0.05, 0.1) is 0 Å². The highest BCUT2D eigenvalue weighted by Crippen LogP contribution is 2.34. The molecule has 4 heteroatoms. The van der Waals surface area contributed by atoms with Gasteiger partial charge >= 0.3 is 5.97 Å². The van der Waals surface area contributed by atoms with E-state index < -0.39 is 11.6 Å². The van der Waals surface area contributed by atoms with Gasteiger partial charge < -0.3 is 9.84 Å². The Kier molecular flexibility index (Phi) is 4.24. The van der Waals surface area contributed by atoms with Crippen LogP contribution < -0.4 is 0 Å². The number of carbonyl (C=O) groups is 1. The van der Waals surface area contributed by atoms with Crippen LogP contribution in [0.5, 0.6) is 5.75 Å². The highest BCUT2D eigenvalue weighted by molar-refractivity contribution is 6.30. The Balaban J connectivity index is 2.43. The van der Waals surface area contributed by atoms with E-state index in [-0.39, 0.29) is 11.3 Å². The van der Waals surface area contributed by atoms with Gasteiger partial charge in [0, 0.05) is 10.6 Å². The first kappa shape index (κ1) is 15.4. The van der Waals surface area contributed by atoms with Gasteiger partial charge in [-0.3, -0.25) is 0 Å². The standard InChI is InChI=1S/C17H17ClO3/c1-17(2,3)21-16(20)14-9-5-8-13(15(14)19)11-6-4-7-12(18)10-11/h4-10,19H,1-3H3. The molecule has 3 nitrogen and oxygen atoms in total. The smallest absolute Gasteiger partial charge is 0.342 e. The third-order valence-corrected chi connectivity index (χ3v) is 3.03. The van der Waals surface area contributed by atoms with Crippen molar-refractivity contribution in [3.05, 3.63) is 53.1 Å². The highest BCUT2D eigenvalue weighted by Gasteiger charge is 2.22. The first-order chi connectivity index (χ1) is 9.78. The van der Waals surface area contributed by atoms with E-state index in [1.54, 1.807) is 51.1 Å². The molecule has 0 saturated carbocycles. The Labute approximate surface area is 129 Å². The van der Waals surface area contributed by atoms with Crippen molar-refractivity contribution in [2.75, 3.05) is 0 Å². The number of ether oxygens (including phenoxy) is 1. The third kappa shape index (κ3) is 3.76. The van der Waals surface area contributed by atoms with Gasteiger partial charge in [0.25, 0.3) is 0 Å². The van der Waals surface area contributed by atoms with Gasteiger partial charge in [-0.05, 0) is 44.5 Å². The van der Waals surface area contributed by atoms with Gasteiger partial charge in [0.2, 0.25) is 0 Å². The molecule has 110 valence electrons. The van der Waals surface area contributed by atoms with Crippen LogP contribution in [0.4, 0.5) is 0 Å². The molecule has 0 heterocycles. The number of phenolic OH excluding ortho intramolecular Hbond substituents is 1. The van der Waals surface area contributed by atoms with E-state index in [2.05, 4.69) is 0 Å². The molecule has 21 heavy (non-hydrogen) atoms. The molecular formula is C17H17ClO3. The van der Waals surface area contributed by atoms with Crippen LogP contribution in [0.3, 0.4) is 0 Å². The zero-order chi connectivity index (χ0) is 15.6. The number of halogens is 1. The van der Waals surface area contributed by atoms with Crippen molar-refractivity contribution in [1.29, 1.82) is 0 Å². The number of phenols is 1. The molecule has 0 bridgehead atoms. The summed E-state index contributed by atoms with van der Waals surface area (Å²) in [6.07, 6.45) is 0. The van der Waals surface area contributed by atoms with E-state index in [0.29, 0.717) is 10.6 Å². The molecular weight excluding hydrogens is 288 g/mol. The molecule has 0 aromatic heterocycles. The van der Waals surface area contributed by atoms with Crippen LogP contribution in [0.15, 0.2) is 42.5 Å². The molecule has 0 unspecified atom stereocenters. The number of aromatic hydroxyl groups is 1. The average Bonchev–Trinajstić information content (AvgIpc) is 2.36. The second-order valence-corrected chi connectivity index (χ2v) is 6.15. The van der Waals surface area contributed by atoms with Crippen LogP contribution in [0.1, 0.15) is 31.1 Å². The minimum Gasteiger partial charge on any atom is -0.506 e. The molecule has 2 rings (SSSR count). The fourth-order valence-corrected chi connectivity index (χ4v) is 2.12. The van der Waals surface area contributed by atoms with Crippen molar-refractivity contribution in [3.63, 3.8) is 0 Å². The minimum absolute atomic E-state index is 0.103. The summed E-state index contributed by atoms with van der Waals surface area (Å²) >= 11 is 5.96. The monoisotopic (exact) mass is 304 g/mol. The maximum Gasteiger partial charge on any atom is 0.342 e. The molecule has 2 aromatic rings. The first-order valence-electron chi connectivity index (χ1n) is 6.59. The van der Waals surface area contributed by atoms with Crippen molar-refractivity contribution >= 4 is 17.6 Å².